The minimum Gasteiger partial charge on any atom is -0.350 e. The first-order valence-corrected chi connectivity index (χ1v) is 11.7. The fourth-order valence-electron chi connectivity index (χ4n) is 6.08. The summed E-state index contributed by atoms with van der Waals surface area (Å²) in [5.41, 5.74) is 7.88. The van der Waals surface area contributed by atoms with Crippen molar-refractivity contribution in [2.24, 2.45) is 28.9 Å². The van der Waals surface area contributed by atoms with E-state index in [1.54, 1.807) is 16.7 Å². The number of hydrogen-bond acceptors (Lipinski definition) is 4. The van der Waals surface area contributed by atoms with Crippen molar-refractivity contribution >= 4 is 17.5 Å². The lowest BCUT2D eigenvalue weighted by Crippen LogP contribution is -2.54. The number of carbonyl (C=O) groups is 2. The average molecular weight is 424 g/mol. The van der Waals surface area contributed by atoms with Gasteiger partial charge in [-0.05, 0) is 67.4 Å². The molecule has 6 rings (SSSR count). The maximum absolute atomic E-state index is 13.0. The van der Waals surface area contributed by atoms with Crippen LogP contribution in [0.5, 0.6) is 0 Å². The van der Waals surface area contributed by atoms with E-state index in [1.165, 1.54) is 19.3 Å². The van der Waals surface area contributed by atoms with Gasteiger partial charge in [0.25, 0.3) is 11.8 Å². The van der Waals surface area contributed by atoms with Gasteiger partial charge in [-0.2, -0.15) is 0 Å². The van der Waals surface area contributed by atoms with Gasteiger partial charge in [0, 0.05) is 31.9 Å². The highest BCUT2D eigenvalue weighted by Gasteiger charge is 2.53. The van der Waals surface area contributed by atoms with Crippen LogP contribution in [0.3, 0.4) is 0 Å². The number of piperidine rings is 1. The molecule has 2 aromatic heterocycles. The Bertz CT molecular complexity index is 1000. The largest absolute Gasteiger partial charge is 0.350 e. The smallest absolute Gasteiger partial charge is 0.274 e. The van der Waals surface area contributed by atoms with Gasteiger partial charge in [-0.15, -0.1) is 0 Å². The van der Waals surface area contributed by atoms with Crippen LogP contribution >= 0.6 is 0 Å². The lowest BCUT2D eigenvalue weighted by molar-refractivity contribution is -0.103. The lowest BCUT2D eigenvalue weighted by atomic mass is 9.45. The van der Waals surface area contributed by atoms with Crippen molar-refractivity contribution < 1.29 is 9.59 Å². The van der Waals surface area contributed by atoms with Crippen molar-refractivity contribution in [1.82, 2.24) is 19.6 Å². The van der Waals surface area contributed by atoms with E-state index in [0.717, 1.165) is 18.8 Å². The third kappa shape index (κ3) is 3.53. The van der Waals surface area contributed by atoms with Gasteiger partial charge in [-0.1, -0.05) is 19.9 Å². The number of rotatable bonds is 4. The number of fused-ring (bicyclic) bond motifs is 3. The number of amides is 2. The standard InChI is InChI=1S/C24H33N5O2/c1-24(2)16-7-6-15(18(24)12-16)13-26-22(30)20-4-3-5-21-27-19(14-29(20)21)23(31)28-10-8-17(25)9-11-28/h3-5,14-18H,6-13,25H2,1-2H3,(H,26,30)/t15-,16-,18-/m0/s1. The summed E-state index contributed by atoms with van der Waals surface area (Å²) in [4.78, 5) is 32.2. The molecule has 1 aliphatic heterocycles. The minimum absolute atomic E-state index is 0.0917. The second-order valence-electron chi connectivity index (χ2n) is 10.3. The van der Waals surface area contributed by atoms with Gasteiger partial charge in [0.2, 0.25) is 0 Å². The van der Waals surface area contributed by atoms with Gasteiger partial charge in [0.05, 0.1) is 0 Å². The molecule has 3 N–H and O–H groups in total. The monoisotopic (exact) mass is 423 g/mol. The molecule has 3 aliphatic carbocycles. The van der Waals surface area contributed by atoms with E-state index in [2.05, 4.69) is 24.1 Å². The zero-order valence-corrected chi connectivity index (χ0v) is 18.5. The molecule has 4 fully saturated rings. The Hall–Kier alpha value is -2.41. The molecule has 166 valence electrons. The molecular weight excluding hydrogens is 390 g/mol. The minimum atomic E-state index is -0.106. The first-order chi connectivity index (χ1) is 14.8. The highest BCUT2D eigenvalue weighted by atomic mass is 16.2. The Morgan fingerprint density at radius 2 is 1.97 bits per heavy atom. The fraction of sp³-hybridized carbons (Fsp3) is 0.625. The topological polar surface area (TPSA) is 92.7 Å². The maximum atomic E-state index is 13.0. The molecule has 3 saturated carbocycles. The second kappa shape index (κ2) is 7.62. The fourth-order valence-corrected chi connectivity index (χ4v) is 6.08. The molecule has 0 radical (unpaired) electrons. The van der Waals surface area contributed by atoms with Crippen molar-refractivity contribution in [3.63, 3.8) is 0 Å². The van der Waals surface area contributed by atoms with Gasteiger partial charge in [0.15, 0.2) is 0 Å². The summed E-state index contributed by atoms with van der Waals surface area (Å²) in [7, 11) is 0. The summed E-state index contributed by atoms with van der Waals surface area (Å²) < 4.78 is 1.74. The zero-order valence-electron chi connectivity index (χ0n) is 18.5. The number of nitrogens with zero attached hydrogens (tertiary/aromatic N) is 3. The Morgan fingerprint density at radius 3 is 2.68 bits per heavy atom. The normalized spacial score (nSPS) is 27.7. The second-order valence-corrected chi connectivity index (χ2v) is 10.3. The Labute approximate surface area is 183 Å². The Kier molecular flexibility index (Phi) is 5.04. The molecule has 7 heteroatoms. The SMILES string of the molecule is CC1(C)[C@H]2CC[C@@H](CNC(=O)c3cccc4nc(C(=O)N5CCC(N)CC5)cn34)[C@@H]1C2. The van der Waals surface area contributed by atoms with Crippen LogP contribution in [0.15, 0.2) is 24.4 Å². The summed E-state index contributed by atoms with van der Waals surface area (Å²) in [6.45, 7) is 6.77. The average Bonchev–Trinajstić information content (AvgIpc) is 3.22. The number of pyridine rings is 1. The molecular formula is C24H33N5O2. The van der Waals surface area contributed by atoms with Gasteiger partial charge >= 0.3 is 0 Å². The van der Waals surface area contributed by atoms with Crippen molar-refractivity contribution in [1.29, 1.82) is 0 Å². The van der Waals surface area contributed by atoms with Crippen LogP contribution in [0.1, 0.15) is 66.9 Å². The third-order valence-electron chi connectivity index (χ3n) is 8.30. The van der Waals surface area contributed by atoms with Crippen LogP contribution in [0.4, 0.5) is 0 Å². The molecule has 4 aliphatic rings. The Balaban J connectivity index is 1.29. The summed E-state index contributed by atoms with van der Waals surface area (Å²) in [5, 5.41) is 3.16. The summed E-state index contributed by atoms with van der Waals surface area (Å²) in [6.07, 6.45) is 7.10. The number of nitrogens with one attached hydrogen (secondary N) is 1. The summed E-state index contributed by atoms with van der Waals surface area (Å²) >= 11 is 0. The number of imidazole rings is 1. The molecule has 2 bridgehead atoms. The molecule has 7 nitrogen and oxygen atoms in total. The molecule has 0 unspecified atom stereocenters. The van der Waals surface area contributed by atoms with Crippen molar-refractivity contribution in [2.45, 2.75) is 52.0 Å². The van der Waals surface area contributed by atoms with E-state index >= 15 is 0 Å². The summed E-state index contributed by atoms with van der Waals surface area (Å²) in [6, 6.07) is 5.62. The molecule has 3 heterocycles. The van der Waals surface area contributed by atoms with Gasteiger partial charge in [-0.3, -0.25) is 14.0 Å². The number of hydrogen-bond donors (Lipinski definition) is 2. The van der Waals surface area contributed by atoms with Gasteiger partial charge in [0.1, 0.15) is 17.0 Å². The molecule has 2 amide bonds. The highest BCUT2D eigenvalue weighted by molar-refractivity contribution is 5.95. The van der Waals surface area contributed by atoms with Gasteiger partial charge < -0.3 is 16.0 Å². The quantitative estimate of drug-likeness (QED) is 0.791. The molecule has 0 aromatic carbocycles. The van der Waals surface area contributed by atoms with E-state index in [-0.39, 0.29) is 17.9 Å². The lowest BCUT2D eigenvalue weighted by Gasteiger charge is -2.60. The van der Waals surface area contributed by atoms with Crippen molar-refractivity contribution in [3.05, 3.63) is 35.8 Å². The van der Waals surface area contributed by atoms with Crippen LogP contribution < -0.4 is 11.1 Å². The number of aromatic nitrogens is 2. The van der Waals surface area contributed by atoms with E-state index in [0.29, 0.717) is 53.9 Å². The molecule has 0 spiro atoms. The van der Waals surface area contributed by atoms with Crippen LogP contribution in [-0.4, -0.2) is 51.8 Å². The zero-order chi connectivity index (χ0) is 21.8. The van der Waals surface area contributed by atoms with E-state index in [1.807, 2.05) is 17.0 Å². The van der Waals surface area contributed by atoms with Gasteiger partial charge in [-0.25, -0.2) is 4.98 Å². The first-order valence-electron chi connectivity index (χ1n) is 11.7. The maximum Gasteiger partial charge on any atom is 0.274 e. The molecule has 2 aromatic rings. The van der Waals surface area contributed by atoms with Crippen LogP contribution in [0.2, 0.25) is 0 Å². The molecule has 3 atom stereocenters. The first kappa shape index (κ1) is 20.5. The van der Waals surface area contributed by atoms with E-state index < -0.39 is 0 Å². The molecule has 1 saturated heterocycles. The van der Waals surface area contributed by atoms with Crippen molar-refractivity contribution in [2.75, 3.05) is 19.6 Å². The van der Waals surface area contributed by atoms with Crippen LogP contribution in [-0.2, 0) is 0 Å². The van der Waals surface area contributed by atoms with E-state index in [9.17, 15) is 9.59 Å². The van der Waals surface area contributed by atoms with E-state index in [4.69, 9.17) is 5.73 Å². The van der Waals surface area contributed by atoms with Crippen LogP contribution in [0.25, 0.3) is 5.65 Å². The predicted molar refractivity (Wildman–Crippen MR) is 119 cm³/mol. The predicted octanol–water partition coefficient (Wildman–Crippen LogP) is 2.70. The number of likely N-dealkylation sites (tertiary alicyclic amines) is 1. The molecule has 31 heavy (non-hydrogen) atoms. The number of nitrogens with two attached hydrogens (primary N) is 1. The third-order valence-corrected chi connectivity index (χ3v) is 8.30. The Morgan fingerprint density at radius 1 is 1.19 bits per heavy atom. The summed E-state index contributed by atoms with van der Waals surface area (Å²) in [5.74, 6) is 1.91. The number of carbonyl (C=O) groups excluding carboxylic acids is 2. The van der Waals surface area contributed by atoms with Crippen molar-refractivity contribution in [3.8, 4) is 0 Å². The highest BCUT2D eigenvalue weighted by Crippen LogP contribution is 2.61. The van der Waals surface area contributed by atoms with Crippen LogP contribution in [0, 0.1) is 23.2 Å².